The average molecular weight is 295 g/mol. The molecule has 1 aromatic heterocycles. The molecule has 1 aliphatic heterocycles. The van der Waals surface area contributed by atoms with Crippen molar-refractivity contribution in [3.63, 3.8) is 0 Å². The van der Waals surface area contributed by atoms with E-state index in [0.29, 0.717) is 0 Å². The number of hydrogen-bond donors (Lipinski definition) is 2. The fraction of sp³-hybridized carbons (Fsp3) is 0.571. The van der Waals surface area contributed by atoms with Crippen molar-refractivity contribution in [2.75, 3.05) is 26.2 Å². The van der Waals surface area contributed by atoms with Gasteiger partial charge >= 0.3 is 0 Å². The van der Waals surface area contributed by atoms with Gasteiger partial charge in [0.25, 0.3) is 20.2 Å². The summed E-state index contributed by atoms with van der Waals surface area (Å²) in [5.41, 5.74) is 0. The summed E-state index contributed by atoms with van der Waals surface area (Å²) in [7, 11) is -7.39. The molecular weight excluding hydrogens is 282 g/mol. The number of nitrogens with two attached hydrogens (primary N) is 1. The molecule has 102 valence electrons. The molecule has 0 saturated carbocycles. The molecule has 9 nitrogen and oxygen atoms in total. The Balaban J connectivity index is 2.11. The van der Waals surface area contributed by atoms with E-state index in [1.807, 2.05) is 0 Å². The van der Waals surface area contributed by atoms with E-state index in [9.17, 15) is 16.8 Å². The number of nitrogens with zero attached hydrogens (tertiary/aromatic N) is 3. The summed E-state index contributed by atoms with van der Waals surface area (Å²) in [6.07, 6.45) is 2.48. The minimum atomic E-state index is -3.76. The maximum atomic E-state index is 12.1. The van der Waals surface area contributed by atoms with Gasteiger partial charge in [-0.2, -0.15) is 17.0 Å². The summed E-state index contributed by atoms with van der Waals surface area (Å²) in [6, 6.07) is 0. The largest absolute Gasteiger partial charge is 0.335 e. The zero-order valence-electron chi connectivity index (χ0n) is 9.35. The van der Waals surface area contributed by atoms with Gasteiger partial charge in [0.15, 0.2) is 5.03 Å². The lowest BCUT2D eigenvalue weighted by molar-refractivity contribution is 0.272. The second-order valence-corrected chi connectivity index (χ2v) is 7.22. The average Bonchev–Trinajstić information content (AvgIpc) is 2.82. The van der Waals surface area contributed by atoms with Gasteiger partial charge in [0, 0.05) is 26.2 Å². The molecule has 0 amide bonds. The molecule has 2 heterocycles. The predicted octanol–water partition coefficient (Wildman–Crippen LogP) is -2.08. The summed E-state index contributed by atoms with van der Waals surface area (Å²) >= 11 is 0. The third-order valence-electron chi connectivity index (χ3n) is 2.65. The third-order valence-corrected chi connectivity index (χ3v) is 5.56. The smallest absolute Gasteiger partial charge is 0.276 e. The highest BCUT2D eigenvalue weighted by Gasteiger charge is 2.32. The Hall–Kier alpha value is -1.01. The minimum Gasteiger partial charge on any atom is -0.335 e. The highest BCUT2D eigenvalue weighted by molar-refractivity contribution is 7.89. The van der Waals surface area contributed by atoms with Gasteiger partial charge in [-0.3, -0.25) is 0 Å². The molecule has 18 heavy (non-hydrogen) atoms. The van der Waals surface area contributed by atoms with E-state index in [1.165, 1.54) is 16.8 Å². The van der Waals surface area contributed by atoms with E-state index in [1.54, 1.807) is 0 Å². The summed E-state index contributed by atoms with van der Waals surface area (Å²) in [4.78, 5) is 6.17. The van der Waals surface area contributed by atoms with E-state index < -0.39 is 20.2 Å². The van der Waals surface area contributed by atoms with Gasteiger partial charge in [-0.25, -0.2) is 18.5 Å². The Bertz CT molecular complexity index is 600. The first-order chi connectivity index (χ1) is 8.32. The standard InChI is InChI=1S/C7H13N5O4S2/c8-18(15,16)12-3-1-11(2-4-12)17(13,14)7-5-9-6-10-7/h5-6H,1-4H2,(H,9,10)(H2,8,15,16). The van der Waals surface area contributed by atoms with E-state index >= 15 is 0 Å². The number of sulfonamides is 1. The molecule has 0 aromatic carbocycles. The number of imidazole rings is 1. The van der Waals surface area contributed by atoms with Crippen LogP contribution in [0.25, 0.3) is 0 Å². The van der Waals surface area contributed by atoms with E-state index in [-0.39, 0.29) is 31.2 Å². The zero-order valence-corrected chi connectivity index (χ0v) is 11.0. The van der Waals surface area contributed by atoms with Crippen LogP contribution in [0.5, 0.6) is 0 Å². The van der Waals surface area contributed by atoms with Crippen molar-refractivity contribution in [3.05, 3.63) is 12.5 Å². The first-order valence-corrected chi connectivity index (χ1v) is 8.02. The Morgan fingerprint density at radius 2 is 1.67 bits per heavy atom. The Morgan fingerprint density at radius 1 is 1.11 bits per heavy atom. The molecule has 0 bridgehead atoms. The zero-order chi connectivity index (χ0) is 13.4. The molecule has 0 radical (unpaired) electrons. The minimum absolute atomic E-state index is 0.00782. The van der Waals surface area contributed by atoms with E-state index in [4.69, 9.17) is 5.14 Å². The van der Waals surface area contributed by atoms with Crippen LogP contribution in [0.2, 0.25) is 0 Å². The van der Waals surface area contributed by atoms with Crippen LogP contribution >= 0.6 is 0 Å². The van der Waals surface area contributed by atoms with Crippen LogP contribution in [-0.4, -0.2) is 61.6 Å². The Morgan fingerprint density at radius 3 is 2.11 bits per heavy atom. The summed E-state index contributed by atoms with van der Waals surface area (Å²) in [6.45, 7) is 0.230. The van der Waals surface area contributed by atoms with Gasteiger partial charge < -0.3 is 4.98 Å². The van der Waals surface area contributed by atoms with Crippen LogP contribution in [0, 0.1) is 0 Å². The lowest BCUT2D eigenvalue weighted by atomic mass is 10.4. The van der Waals surface area contributed by atoms with Crippen LogP contribution in [0.3, 0.4) is 0 Å². The van der Waals surface area contributed by atoms with Gasteiger partial charge in [-0.15, -0.1) is 0 Å². The second kappa shape index (κ2) is 4.59. The van der Waals surface area contributed by atoms with Crippen LogP contribution in [0.4, 0.5) is 0 Å². The normalized spacial score (nSPS) is 20.1. The molecule has 1 aliphatic rings. The molecule has 11 heteroatoms. The number of aromatic amines is 1. The molecule has 2 rings (SSSR count). The number of rotatable bonds is 3. The first-order valence-electron chi connectivity index (χ1n) is 5.08. The molecule has 0 unspecified atom stereocenters. The SMILES string of the molecule is NS(=O)(=O)N1CCN(S(=O)(=O)c2cnc[nH]2)CC1. The van der Waals surface area contributed by atoms with Crippen molar-refractivity contribution >= 4 is 20.2 Å². The van der Waals surface area contributed by atoms with Crippen molar-refractivity contribution in [1.29, 1.82) is 0 Å². The summed E-state index contributed by atoms with van der Waals surface area (Å²) in [5.74, 6) is 0. The van der Waals surface area contributed by atoms with Gasteiger partial charge in [0.2, 0.25) is 0 Å². The molecule has 3 N–H and O–H groups in total. The quantitative estimate of drug-likeness (QED) is 0.661. The molecular formula is C7H13N5O4S2. The van der Waals surface area contributed by atoms with Gasteiger partial charge in [0.05, 0.1) is 12.5 Å². The third kappa shape index (κ3) is 2.54. The van der Waals surface area contributed by atoms with Gasteiger partial charge in [0.1, 0.15) is 0 Å². The van der Waals surface area contributed by atoms with Crippen molar-refractivity contribution in [2.24, 2.45) is 5.14 Å². The van der Waals surface area contributed by atoms with Crippen molar-refractivity contribution in [2.45, 2.75) is 5.03 Å². The number of hydrogen-bond acceptors (Lipinski definition) is 5. The van der Waals surface area contributed by atoms with Crippen molar-refractivity contribution in [1.82, 2.24) is 18.6 Å². The fourth-order valence-corrected chi connectivity index (χ4v) is 3.68. The highest BCUT2D eigenvalue weighted by atomic mass is 32.2. The molecule has 1 saturated heterocycles. The van der Waals surface area contributed by atoms with Crippen LogP contribution in [0.15, 0.2) is 17.6 Å². The molecule has 1 fully saturated rings. The van der Waals surface area contributed by atoms with Crippen molar-refractivity contribution < 1.29 is 16.8 Å². The Kier molecular flexibility index (Phi) is 3.42. The van der Waals surface area contributed by atoms with Crippen LogP contribution in [0.1, 0.15) is 0 Å². The monoisotopic (exact) mass is 295 g/mol. The van der Waals surface area contributed by atoms with E-state index in [0.717, 1.165) is 4.31 Å². The van der Waals surface area contributed by atoms with Crippen molar-refractivity contribution in [3.8, 4) is 0 Å². The Labute approximate surface area is 105 Å². The number of nitrogens with one attached hydrogen (secondary N) is 1. The first kappa shape index (κ1) is 13.4. The fourth-order valence-electron chi connectivity index (χ4n) is 1.69. The molecule has 0 atom stereocenters. The topological polar surface area (TPSA) is 129 Å². The number of piperazine rings is 1. The molecule has 0 spiro atoms. The number of H-pyrrole nitrogens is 1. The highest BCUT2D eigenvalue weighted by Crippen LogP contribution is 2.15. The van der Waals surface area contributed by atoms with Crippen LogP contribution in [-0.2, 0) is 20.2 Å². The summed E-state index contributed by atoms with van der Waals surface area (Å²) in [5, 5.41) is 4.97. The maximum absolute atomic E-state index is 12.1. The van der Waals surface area contributed by atoms with E-state index in [2.05, 4.69) is 9.97 Å². The molecule has 0 aliphatic carbocycles. The predicted molar refractivity (Wildman–Crippen MR) is 62.0 cm³/mol. The molecule has 1 aromatic rings. The second-order valence-electron chi connectivity index (χ2n) is 3.76. The lowest BCUT2D eigenvalue weighted by Gasteiger charge is -2.31. The number of aromatic nitrogens is 2. The van der Waals surface area contributed by atoms with Gasteiger partial charge in [-0.1, -0.05) is 0 Å². The lowest BCUT2D eigenvalue weighted by Crippen LogP contribution is -2.52. The van der Waals surface area contributed by atoms with Gasteiger partial charge in [-0.05, 0) is 0 Å². The van der Waals surface area contributed by atoms with Crippen LogP contribution < -0.4 is 5.14 Å². The maximum Gasteiger partial charge on any atom is 0.276 e. The summed E-state index contributed by atoms with van der Waals surface area (Å²) < 4.78 is 48.5.